The first-order chi connectivity index (χ1) is 21.2. The van der Waals surface area contributed by atoms with Crippen LogP contribution in [0.15, 0.2) is 42.0 Å². The molecule has 0 spiro atoms. The molecule has 244 valence electrons. The minimum absolute atomic E-state index is 0.0244. The van der Waals surface area contributed by atoms with E-state index in [1.54, 1.807) is 24.3 Å². The van der Waals surface area contributed by atoms with Gasteiger partial charge in [-0.25, -0.2) is 4.79 Å². The van der Waals surface area contributed by atoms with Crippen LogP contribution in [0.5, 0.6) is 0 Å². The Hall–Kier alpha value is -3.41. The minimum atomic E-state index is -1.80. The first-order valence-corrected chi connectivity index (χ1v) is 15.8. The summed E-state index contributed by atoms with van der Waals surface area (Å²) in [5, 5.41) is 45.5. The zero-order valence-electron chi connectivity index (χ0n) is 25.7. The number of carboxylic acid groups (broad SMARTS) is 1. The average Bonchev–Trinajstić information content (AvgIpc) is 3.28. The molecule has 4 aliphatic rings. The van der Waals surface area contributed by atoms with Gasteiger partial charge >= 0.3 is 11.9 Å². The maximum atomic E-state index is 13.5. The number of ketones is 2. The number of aliphatic hydroxyl groups excluding tert-OH is 2. The van der Waals surface area contributed by atoms with E-state index >= 15 is 0 Å². The number of fused-ring (bicyclic) bond motifs is 5. The number of allylic oxidation sites excluding steroid dienone is 1. The van der Waals surface area contributed by atoms with Crippen molar-refractivity contribution in [2.24, 2.45) is 28.6 Å². The maximum absolute atomic E-state index is 13.5. The molecule has 9 atom stereocenters. The van der Waals surface area contributed by atoms with Crippen molar-refractivity contribution >= 4 is 29.4 Å². The van der Waals surface area contributed by atoms with Crippen LogP contribution in [-0.4, -0.2) is 74.2 Å². The van der Waals surface area contributed by atoms with Crippen LogP contribution >= 0.6 is 0 Å². The summed E-state index contributed by atoms with van der Waals surface area (Å²) in [6.45, 7) is 3.28. The summed E-state index contributed by atoms with van der Waals surface area (Å²) in [4.78, 5) is 62.2. The molecule has 0 unspecified atom stereocenters. The Bertz CT molecular complexity index is 1390. The van der Waals surface area contributed by atoms with Crippen LogP contribution in [0.2, 0.25) is 0 Å². The van der Waals surface area contributed by atoms with Crippen molar-refractivity contribution in [3.63, 3.8) is 0 Å². The molecule has 45 heavy (non-hydrogen) atoms. The lowest BCUT2D eigenvalue weighted by atomic mass is 9.45. The fourth-order valence-corrected chi connectivity index (χ4v) is 9.07. The SMILES string of the molecule is C[C@]12CCC(=O)C=C1CC[C@H]1[C@@H]2[C@@H](O)C[C@]2(C)[C@H]1CC[C@]2(O)C(=O)COC(=O)CCC(=O)N[C@@H](C(=O)O)[C@@H](O)c1ccccc1. The van der Waals surface area contributed by atoms with E-state index in [1.165, 1.54) is 12.1 Å². The molecule has 0 aliphatic heterocycles. The second kappa shape index (κ2) is 12.4. The third kappa shape index (κ3) is 5.86. The highest BCUT2D eigenvalue weighted by molar-refractivity contribution is 5.92. The maximum Gasteiger partial charge on any atom is 0.329 e. The lowest BCUT2D eigenvalue weighted by Crippen LogP contribution is -2.62. The number of rotatable bonds is 10. The number of ether oxygens (including phenoxy) is 1. The first-order valence-electron chi connectivity index (χ1n) is 15.8. The molecule has 11 nitrogen and oxygen atoms in total. The number of amides is 1. The van der Waals surface area contributed by atoms with Gasteiger partial charge in [-0.3, -0.25) is 19.2 Å². The smallest absolute Gasteiger partial charge is 0.329 e. The minimum Gasteiger partial charge on any atom is -0.480 e. The summed E-state index contributed by atoms with van der Waals surface area (Å²) in [5.74, 6) is -3.66. The molecule has 0 aromatic heterocycles. The average molecular weight is 626 g/mol. The largest absolute Gasteiger partial charge is 0.480 e. The Labute approximate surface area is 262 Å². The Balaban J connectivity index is 1.17. The number of hydrogen-bond acceptors (Lipinski definition) is 9. The van der Waals surface area contributed by atoms with Gasteiger partial charge in [0.1, 0.15) is 11.7 Å². The van der Waals surface area contributed by atoms with Gasteiger partial charge in [0.05, 0.1) is 12.5 Å². The fraction of sp³-hybridized carbons (Fsp3) is 0.618. The first kappa shape index (κ1) is 33.0. The summed E-state index contributed by atoms with van der Waals surface area (Å²) in [7, 11) is 0. The van der Waals surface area contributed by atoms with Gasteiger partial charge in [0, 0.05) is 18.3 Å². The van der Waals surface area contributed by atoms with E-state index in [4.69, 9.17) is 4.74 Å². The molecule has 0 saturated heterocycles. The van der Waals surface area contributed by atoms with Gasteiger partial charge in [0.2, 0.25) is 11.7 Å². The van der Waals surface area contributed by atoms with Crippen LogP contribution in [-0.2, 0) is 28.7 Å². The van der Waals surface area contributed by atoms with Crippen molar-refractivity contribution in [3.8, 4) is 0 Å². The molecular weight excluding hydrogens is 582 g/mol. The number of carboxylic acids is 1. The fourth-order valence-electron chi connectivity index (χ4n) is 9.07. The lowest BCUT2D eigenvalue weighted by molar-refractivity contribution is -0.184. The summed E-state index contributed by atoms with van der Waals surface area (Å²) in [6, 6.07) is 6.35. The summed E-state index contributed by atoms with van der Waals surface area (Å²) in [5.41, 5.74) is -1.63. The third-order valence-electron chi connectivity index (χ3n) is 11.5. The summed E-state index contributed by atoms with van der Waals surface area (Å²) < 4.78 is 5.16. The molecule has 3 fully saturated rings. The molecule has 3 saturated carbocycles. The third-order valence-corrected chi connectivity index (χ3v) is 11.5. The second-order valence-corrected chi connectivity index (χ2v) is 13.8. The van der Waals surface area contributed by atoms with Gasteiger partial charge in [0.25, 0.3) is 0 Å². The highest BCUT2D eigenvalue weighted by Crippen LogP contribution is 2.67. The van der Waals surface area contributed by atoms with E-state index in [0.717, 1.165) is 18.4 Å². The predicted octanol–water partition coefficient (Wildman–Crippen LogP) is 2.42. The van der Waals surface area contributed by atoms with Crippen LogP contribution in [0.25, 0.3) is 0 Å². The van der Waals surface area contributed by atoms with Crippen LogP contribution in [0.1, 0.15) is 83.3 Å². The van der Waals surface area contributed by atoms with E-state index < -0.39 is 72.3 Å². The van der Waals surface area contributed by atoms with Crippen molar-refractivity contribution < 1.29 is 49.1 Å². The van der Waals surface area contributed by atoms with Crippen molar-refractivity contribution in [3.05, 3.63) is 47.5 Å². The quantitative estimate of drug-likeness (QED) is 0.242. The van der Waals surface area contributed by atoms with Crippen LogP contribution in [0.4, 0.5) is 0 Å². The van der Waals surface area contributed by atoms with Gasteiger partial charge in [0.15, 0.2) is 18.4 Å². The van der Waals surface area contributed by atoms with Crippen LogP contribution < -0.4 is 5.32 Å². The number of carbonyl (C=O) groups is 5. The molecule has 0 bridgehead atoms. The number of benzene rings is 1. The van der Waals surface area contributed by atoms with E-state index in [0.29, 0.717) is 24.8 Å². The molecule has 11 heteroatoms. The highest BCUT2D eigenvalue weighted by Gasteiger charge is 2.68. The number of aliphatic carboxylic acids is 1. The Kier molecular flexibility index (Phi) is 9.09. The molecule has 1 aromatic carbocycles. The topological polar surface area (TPSA) is 188 Å². The second-order valence-electron chi connectivity index (χ2n) is 13.8. The monoisotopic (exact) mass is 625 g/mol. The molecular formula is C34H43NO10. The van der Waals surface area contributed by atoms with Crippen molar-refractivity contribution in [1.82, 2.24) is 5.32 Å². The van der Waals surface area contributed by atoms with Crippen molar-refractivity contribution in [1.29, 1.82) is 0 Å². The Morgan fingerprint density at radius 2 is 1.76 bits per heavy atom. The molecule has 4 aliphatic carbocycles. The number of nitrogens with one attached hydrogen (secondary N) is 1. The van der Waals surface area contributed by atoms with E-state index in [-0.39, 0.29) is 41.8 Å². The van der Waals surface area contributed by atoms with E-state index in [1.807, 2.05) is 6.92 Å². The number of Topliss-reactive ketones (excluding diaryl/α,β-unsaturated/α-hetero) is 1. The predicted molar refractivity (Wildman–Crippen MR) is 159 cm³/mol. The van der Waals surface area contributed by atoms with Gasteiger partial charge in [-0.2, -0.15) is 0 Å². The van der Waals surface area contributed by atoms with Gasteiger partial charge < -0.3 is 30.5 Å². The standard InChI is InChI=1S/C34H43NO10/c1-32-14-12-21(36)16-20(32)8-9-22-23-13-15-34(44,33(23,2)17-24(37)28(22)32)25(38)18-45-27(40)11-10-26(39)35-29(31(42)43)30(41)19-6-4-3-5-7-19/h3-7,16,22-24,28-30,37,41,44H,8-15,17-18H2,1-2H3,(H,35,39)(H,42,43)/t22-,23+,24+,28-,29-,30+,32+,33-,34+/m1/s1. The van der Waals surface area contributed by atoms with Gasteiger partial charge in [-0.1, -0.05) is 49.8 Å². The molecule has 0 heterocycles. The molecule has 1 aromatic rings. The van der Waals surface area contributed by atoms with Crippen molar-refractivity contribution in [2.75, 3.05) is 6.61 Å². The van der Waals surface area contributed by atoms with E-state index in [9.17, 15) is 44.4 Å². The Morgan fingerprint density at radius 1 is 1.04 bits per heavy atom. The Morgan fingerprint density at radius 3 is 2.44 bits per heavy atom. The molecule has 5 rings (SSSR count). The molecule has 1 amide bonds. The van der Waals surface area contributed by atoms with Crippen LogP contribution in [0.3, 0.4) is 0 Å². The van der Waals surface area contributed by atoms with Gasteiger partial charge in [-0.05, 0) is 73.3 Å². The van der Waals surface area contributed by atoms with Crippen LogP contribution in [0, 0.1) is 28.6 Å². The van der Waals surface area contributed by atoms with E-state index in [2.05, 4.69) is 12.2 Å². The summed E-state index contributed by atoms with van der Waals surface area (Å²) in [6.07, 6.45) is 2.23. The number of aliphatic hydroxyl groups is 3. The number of esters is 1. The lowest BCUT2D eigenvalue weighted by Gasteiger charge is -2.60. The zero-order chi connectivity index (χ0) is 32.7. The normalized spacial score (nSPS) is 35.1. The van der Waals surface area contributed by atoms with Crippen molar-refractivity contribution in [2.45, 2.75) is 95.5 Å². The number of carbonyl (C=O) groups excluding carboxylic acids is 4. The van der Waals surface area contributed by atoms with Gasteiger partial charge in [-0.15, -0.1) is 0 Å². The molecule has 0 radical (unpaired) electrons. The zero-order valence-corrected chi connectivity index (χ0v) is 25.7. The highest BCUT2D eigenvalue weighted by atomic mass is 16.5. The summed E-state index contributed by atoms with van der Waals surface area (Å²) >= 11 is 0. The molecule has 5 N–H and O–H groups in total. The number of hydrogen-bond donors (Lipinski definition) is 5.